The van der Waals surface area contributed by atoms with Crippen LogP contribution in [-0.2, 0) is 9.53 Å². The van der Waals surface area contributed by atoms with Gasteiger partial charge in [0, 0.05) is 11.6 Å². The third-order valence-electron chi connectivity index (χ3n) is 1.76. The highest BCUT2D eigenvalue weighted by atomic mass is 35.5. The van der Waals surface area contributed by atoms with Crippen LogP contribution in [0.4, 0.5) is 0 Å². The van der Waals surface area contributed by atoms with E-state index in [0.29, 0.717) is 5.57 Å². The van der Waals surface area contributed by atoms with E-state index in [2.05, 4.69) is 4.74 Å². The molecule has 0 aliphatic heterocycles. The number of carbonyl (C=O) groups excluding carboxylic acids is 1. The Morgan fingerprint density at radius 3 is 2.23 bits per heavy atom. The molecule has 1 atom stereocenters. The van der Waals surface area contributed by atoms with E-state index in [4.69, 9.17) is 5.73 Å². The van der Waals surface area contributed by atoms with E-state index in [1.807, 2.05) is 13.8 Å². The van der Waals surface area contributed by atoms with Crippen molar-refractivity contribution in [3.8, 4) is 0 Å². The van der Waals surface area contributed by atoms with Crippen molar-refractivity contribution in [3.63, 3.8) is 0 Å². The zero-order chi connectivity index (χ0) is 9.72. The Bertz CT molecular complexity index is 200. The monoisotopic (exact) mass is 207 g/mol. The number of hydrogen-bond acceptors (Lipinski definition) is 3. The van der Waals surface area contributed by atoms with Gasteiger partial charge in [-0.25, -0.2) is 4.79 Å². The lowest BCUT2D eigenvalue weighted by molar-refractivity contribution is -0.136. The summed E-state index contributed by atoms with van der Waals surface area (Å²) in [5.41, 5.74) is 7.25. The summed E-state index contributed by atoms with van der Waals surface area (Å²) in [6, 6.07) is 0.0876. The molecule has 0 spiro atoms. The summed E-state index contributed by atoms with van der Waals surface area (Å²) in [6.45, 7) is 5.56. The maximum Gasteiger partial charge on any atom is 0.333 e. The summed E-state index contributed by atoms with van der Waals surface area (Å²) in [5, 5.41) is 0. The van der Waals surface area contributed by atoms with E-state index in [-0.39, 0.29) is 24.4 Å². The van der Waals surface area contributed by atoms with Crippen LogP contribution in [0.25, 0.3) is 0 Å². The van der Waals surface area contributed by atoms with Crippen LogP contribution in [0.5, 0.6) is 0 Å². The lowest BCUT2D eigenvalue weighted by atomic mass is 10.0. The van der Waals surface area contributed by atoms with Crippen LogP contribution in [0.3, 0.4) is 0 Å². The summed E-state index contributed by atoms with van der Waals surface area (Å²) in [6.07, 6.45) is 0.737. The number of hydrogen-bond donors (Lipinski definition) is 1. The van der Waals surface area contributed by atoms with Crippen molar-refractivity contribution < 1.29 is 9.53 Å². The van der Waals surface area contributed by atoms with Crippen molar-refractivity contribution in [1.29, 1.82) is 0 Å². The van der Waals surface area contributed by atoms with Gasteiger partial charge in [-0.15, -0.1) is 12.4 Å². The minimum Gasteiger partial charge on any atom is -0.466 e. The summed E-state index contributed by atoms with van der Waals surface area (Å²) in [4.78, 5) is 11.0. The first-order valence-electron chi connectivity index (χ1n) is 3.99. The minimum absolute atomic E-state index is 0. The molecule has 0 rings (SSSR count). The van der Waals surface area contributed by atoms with Gasteiger partial charge in [-0.2, -0.15) is 0 Å². The molecule has 78 valence electrons. The number of halogens is 1. The molecule has 0 aromatic rings. The Labute approximate surface area is 85.7 Å². The zero-order valence-corrected chi connectivity index (χ0v) is 9.40. The van der Waals surface area contributed by atoms with Crippen molar-refractivity contribution in [1.82, 2.24) is 0 Å². The first kappa shape index (κ1) is 15.0. The van der Waals surface area contributed by atoms with Crippen molar-refractivity contribution in [3.05, 3.63) is 11.1 Å². The van der Waals surface area contributed by atoms with E-state index >= 15 is 0 Å². The maximum absolute atomic E-state index is 11.0. The summed E-state index contributed by atoms with van der Waals surface area (Å²) >= 11 is 0. The van der Waals surface area contributed by atoms with Gasteiger partial charge in [0.15, 0.2) is 0 Å². The minimum atomic E-state index is -0.270. The van der Waals surface area contributed by atoms with Gasteiger partial charge in [-0.05, 0) is 27.2 Å². The van der Waals surface area contributed by atoms with Crippen molar-refractivity contribution in [2.24, 2.45) is 5.73 Å². The van der Waals surface area contributed by atoms with Crippen LogP contribution in [0, 0.1) is 0 Å². The molecule has 0 saturated heterocycles. The Morgan fingerprint density at radius 1 is 1.46 bits per heavy atom. The van der Waals surface area contributed by atoms with Gasteiger partial charge in [-0.1, -0.05) is 5.57 Å². The number of rotatable bonds is 3. The third kappa shape index (κ3) is 5.66. The molecule has 0 aliphatic carbocycles. The highest BCUT2D eigenvalue weighted by molar-refractivity contribution is 5.88. The fourth-order valence-electron chi connectivity index (χ4n) is 0.963. The van der Waals surface area contributed by atoms with E-state index < -0.39 is 0 Å². The molecule has 2 N–H and O–H groups in total. The molecule has 0 aromatic carbocycles. The summed E-state index contributed by atoms with van der Waals surface area (Å²) < 4.78 is 4.58. The normalized spacial score (nSPS) is 13.9. The topological polar surface area (TPSA) is 52.3 Å². The van der Waals surface area contributed by atoms with E-state index in [1.165, 1.54) is 7.11 Å². The first-order valence-corrected chi connectivity index (χ1v) is 3.99. The molecule has 0 fully saturated rings. The zero-order valence-electron chi connectivity index (χ0n) is 8.59. The Hall–Kier alpha value is -0.540. The van der Waals surface area contributed by atoms with E-state index in [0.717, 1.165) is 12.0 Å². The van der Waals surface area contributed by atoms with Gasteiger partial charge in [0.05, 0.1) is 7.11 Å². The Balaban J connectivity index is 0. The standard InChI is InChI=1S/C9H17NO2.ClH/c1-6(5-7(2)10)8(3)9(11)12-4;/h7H,5,10H2,1-4H3;1H. The second kappa shape index (κ2) is 6.92. The Kier molecular flexibility index (Phi) is 7.96. The van der Waals surface area contributed by atoms with Gasteiger partial charge < -0.3 is 10.5 Å². The highest BCUT2D eigenvalue weighted by Crippen LogP contribution is 2.10. The Morgan fingerprint density at radius 2 is 1.92 bits per heavy atom. The molecule has 0 amide bonds. The molecule has 4 heteroatoms. The second-order valence-electron chi connectivity index (χ2n) is 3.08. The van der Waals surface area contributed by atoms with Crippen LogP contribution in [0.15, 0.2) is 11.1 Å². The fraction of sp³-hybridized carbons (Fsp3) is 0.667. The molecule has 0 heterocycles. The van der Waals surface area contributed by atoms with Crippen LogP contribution in [-0.4, -0.2) is 19.1 Å². The van der Waals surface area contributed by atoms with Gasteiger partial charge in [0.1, 0.15) is 0 Å². The number of nitrogens with two attached hydrogens (primary N) is 1. The molecular weight excluding hydrogens is 190 g/mol. The predicted molar refractivity (Wildman–Crippen MR) is 55.9 cm³/mol. The second-order valence-corrected chi connectivity index (χ2v) is 3.08. The lowest BCUT2D eigenvalue weighted by Crippen LogP contribution is -2.16. The molecule has 13 heavy (non-hydrogen) atoms. The first-order chi connectivity index (χ1) is 5.49. The molecule has 0 aliphatic rings. The van der Waals surface area contributed by atoms with Crippen LogP contribution in [0.2, 0.25) is 0 Å². The SMILES string of the molecule is COC(=O)C(C)=C(C)CC(C)N.Cl. The van der Waals surface area contributed by atoms with Gasteiger partial charge in [-0.3, -0.25) is 0 Å². The van der Waals surface area contributed by atoms with Crippen molar-refractivity contribution >= 4 is 18.4 Å². The summed E-state index contributed by atoms with van der Waals surface area (Å²) in [7, 11) is 1.38. The number of methoxy groups -OCH3 is 1. The molecule has 0 aromatic heterocycles. The van der Waals surface area contributed by atoms with E-state index in [9.17, 15) is 4.79 Å². The van der Waals surface area contributed by atoms with Crippen LogP contribution >= 0.6 is 12.4 Å². The van der Waals surface area contributed by atoms with Gasteiger partial charge in [0.25, 0.3) is 0 Å². The maximum atomic E-state index is 11.0. The molecule has 1 unspecified atom stereocenters. The summed E-state index contributed by atoms with van der Waals surface area (Å²) in [5.74, 6) is -0.270. The molecule has 0 radical (unpaired) electrons. The smallest absolute Gasteiger partial charge is 0.333 e. The molecular formula is C9H18ClNO2. The number of ether oxygens (including phenoxy) is 1. The average molecular weight is 208 g/mol. The van der Waals surface area contributed by atoms with Gasteiger partial charge in [0.2, 0.25) is 0 Å². The predicted octanol–water partition coefficient (Wildman–Crippen LogP) is 1.65. The fourth-order valence-corrected chi connectivity index (χ4v) is 0.963. The third-order valence-corrected chi connectivity index (χ3v) is 1.76. The number of carbonyl (C=O) groups is 1. The molecule has 3 nitrogen and oxygen atoms in total. The van der Waals surface area contributed by atoms with Crippen LogP contribution in [0.1, 0.15) is 27.2 Å². The highest BCUT2D eigenvalue weighted by Gasteiger charge is 2.08. The van der Waals surface area contributed by atoms with E-state index in [1.54, 1.807) is 6.92 Å². The van der Waals surface area contributed by atoms with Crippen molar-refractivity contribution in [2.45, 2.75) is 33.2 Å². The number of esters is 1. The lowest BCUT2D eigenvalue weighted by Gasteiger charge is -2.08. The average Bonchev–Trinajstić information content (AvgIpc) is 2.00. The van der Waals surface area contributed by atoms with Gasteiger partial charge >= 0.3 is 5.97 Å². The molecule has 0 bridgehead atoms. The molecule has 0 saturated carbocycles. The van der Waals surface area contributed by atoms with Crippen molar-refractivity contribution in [2.75, 3.05) is 7.11 Å². The quantitative estimate of drug-likeness (QED) is 0.566. The largest absolute Gasteiger partial charge is 0.466 e. The van der Waals surface area contributed by atoms with Crippen LogP contribution < -0.4 is 5.73 Å².